The summed E-state index contributed by atoms with van der Waals surface area (Å²) in [5.41, 5.74) is 0.465. The van der Waals surface area contributed by atoms with Gasteiger partial charge in [-0.05, 0) is 52.5 Å². The first-order valence-electron chi connectivity index (χ1n) is 7.50. The minimum absolute atomic E-state index is 0.360. The van der Waals surface area contributed by atoms with Crippen molar-refractivity contribution >= 4 is 0 Å². The van der Waals surface area contributed by atoms with Gasteiger partial charge >= 0.3 is 0 Å². The van der Waals surface area contributed by atoms with E-state index in [2.05, 4.69) is 18.7 Å². The van der Waals surface area contributed by atoms with Gasteiger partial charge in [0, 0.05) is 25.6 Å². The molecule has 0 aromatic carbocycles. The lowest BCUT2D eigenvalue weighted by Gasteiger charge is -2.28. The van der Waals surface area contributed by atoms with E-state index < -0.39 is 0 Å². The number of methoxy groups -OCH3 is 1. The molecule has 1 aliphatic carbocycles. The second-order valence-electron chi connectivity index (χ2n) is 6.45. The van der Waals surface area contributed by atoms with Crippen molar-refractivity contribution in [1.29, 1.82) is 0 Å². The van der Waals surface area contributed by atoms with Crippen LogP contribution in [0.1, 0.15) is 46.0 Å². The van der Waals surface area contributed by atoms with Gasteiger partial charge in [0.05, 0.1) is 18.8 Å². The molecule has 2 rings (SSSR count). The van der Waals surface area contributed by atoms with Crippen molar-refractivity contribution in [1.82, 2.24) is 4.90 Å². The highest BCUT2D eigenvalue weighted by Crippen LogP contribution is 2.46. The molecule has 0 N–H and O–H groups in total. The molecule has 18 heavy (non-hydrogen) atoms. The predicted octanol–water partition coefficient (Wildman–Crippen LogP) is 2.69. The lowest BCUT2D eigenvalue weighted by atomic mass is 10.1. The maximum Gasteiger partial charge on any atom is 0.0698 e. The number of hydrogen-bond donors (Lipinski definition) is 0. The Balaban J connectivity index is 1.80. The quantitative estimate of drug-likeness (QED) is 0.728. The number of likely N-dealkylation sites (tertiary alicyclic amines) is 1. The van der Waals surface area contributed by atoms with Gasteiger partial charge in [0.1, 0.15) is 0 Å². The van der Waals surface area contributed by atoms with Crippen molar-refractivity contribution < 1.29 is 9.47 Å². The molecule has 0 bridgehead atoms. The summed E-state index contributed by atoms with van der Waals surface area (Å²) in [5.74, 6) is 0. The van der Waals surface area contributed by atoms with Crippen LogP contribution in [0.4, 0.5) is 0 Å². The summed E-state index contributed by atoms with van der Waals surface area (Å²) < 4.78 is 11.4. The summed E-state index contributed by atoms with van der Waals surface area (Å²) in [7, 11) is 1.85. The van der Waals surface area contributed by atoms with Crippen molar-refractivity contribution in [3.63, 3.8) is 0 Å². The molecule has 106 valence electrons. The zero-order chi connectivity index (χ0) is 13.0. The predicted molar refractivity (Wildman–Crippen MR) is 73.8 cm³/mol. The highest BCUT2D eigenvalue weighted by Gasteiger charge is 2.44. The van der Waals surface area contributed by atoms with Crippen LogP contribution in [0.2, 0.25) is 0 Å². The third kappa shape index (κ3) is 4.22. The fourth-order valence-corrected chi connectivity index (χ4v) is 2.86. The Hall–Kier alpha value is -0.120. The molecule has 1 aliphatic heterocycles. The Labute approximate surface area is 112 Å². The summed E-state index contributed by atoms with van der Waals surface area (Å²) in [5, 5.41) is 0. The molecular formula is C15H29NO2. The van der Waals surface area contributed by atoms with Crippen LogP contribution in [-0.2, 0) is 9.47 Å². The molecule has 3 heteroatoms. The van der Waals surface area contributed by atoms with Gasteiger partial charge in [-0.25, -0.2) is 0 Å². The first kappa shape index (κ1) is 14.3. The van der Waals surface area contributed by atoms with Gasteiger partial charge < -0.3 is 14.4 Å². The molecule has 1 unspecified atom stereocenters. The molecule has 1 saturated carbocycles. The van der Waals surface area contributed by atoms with Gasteiger partial charge in [0.2, 0.25) is 0 Å². The molecule has 3 nitrogen and oxygen atoms in total. The number of rotatable bonds is 6. The van der Waals surface area contributed by atoms with Crippen LogP contribution >= 0.6 is 0 Å². The summed E-state index contributed by atoms with van der Waals surface area (Å²) in [6, 6.07) is 0. The SMILES string of the molecule is COC1CCCCN(CC2(COC(C)C)CC2)C1. The van der Waals surface area contributed by atoms with Gasteiger partial charge in [-0.15, -0.1) is 0 Å². The Morgan fingerprint density at radius 3 is 2.67 bits per heavy atom. The van der Waals surface area contributed by atoms with E-state index in [-0.39, 0.29) is 0 Å². The fourth-order valence-electron chi connectivity index (χ4n) is 2.86. The summed E-state index contributed by atoms with van der Waals surface area (Å²) in [6.07, 6.45) is 7.34. The van der Waals surface area contributed by atoms with Crippen LogP contribution < -0.4 is 0 Å². The van der Waals surface area contributed by atoms with E-state index in [1.54, 1.807) is 0 Å². The van der Waals surface area contributed by atoms with Crippen LogP contribution in [-0.4, -0.2) is 50.5 Å². The smallest absolute Gasteiger partial charge is 0.0698 e. The topological polar surface area (TPSA) is 21.7 Å². The lowest BCUT2D eigenvalue weighted by Crippen LogP contribution is -2.38. The summed E-state index contributed by atoms with van der Waals surface area (Å²) >= 11 is 0. The molecule has 1 atom stereocenters. The van der Waals surface area contributed by atoms with Crippen molar-refractivity contribution in [2.45, 2.75) is 58.2 Å². The van der Waals surface area contributed by atoms with Gasteiger partial charge in [0.25, 0.3) is 0 Å². The minimum Gasteiger partial charge on any atom is -0.380 e. The van der Waals surface area contributed by atoms with Gasteiger partial charge in [-0.3, -0.25) is 0 Å². The van der Waals surface area contributed by atoms with E-state index >= 15 is 0 Å². The highest BCUT2D eigenvalue weighted by atomic mass is 16.5. The minimum atomic E-state index is 0.360. The van der Waals surface area contributed by atoms with Gasteiger partial charge in [-0.2, -0.15) is 0 Å². The molecule has 0 spiro atoms. The molecule has 1 heterocycles. The Morgan fingerprint density at radius 1 is 1.28 bits per heavy atom. The van der Waals surface area contributed by atoms with E-state index in [4.69, 9.17) is 9.47 Å². The zero-order valence-electron chi connectivity index (χ0n) is 12.3. The van der Waals surface area contributed by atoms with Crippen molar-refractivity contribution in [3.05, 3.63) is 0 Å². The van der Waals surface area contributed by atoms with Gasteiger partial charge in [0.15, 0.2) is 0 Å². The molecule has 1 saturated heterocycles. The fraction of sp³-hybridized carbons (Fsp3) is 1.00. The second kappa shape index (κ2) is 6.36. The third-order valence-electron chi connectivity index (χ3n) is 4.28. The van der Waals surface area contributed by atoms with Crippen molar-refractivity contribution in [3.8, 4) is 0 Å². The largest absolute Gasteiger partial charge is 0.380 e. The van der Waals surface area contributed by atoms with E-state index in [0.29, 0.717) is 17.6 Å². The van der Waals surface area contributed by atoms with E-state index in [0.717, 1.165) is 13.2 Å². The Kier molecular flexibility index (Phi) is 5.05. The van der Waals surface area contributed by atoms with Crippen LogP contribution in [0.3, 0.4) is 0 Å². The van der Waals surface area contributed by atoms with Crippen LogP contribution in [0, 0.1) is 5.41 Å². The Morgan fingerprint density at radius 2 is 2.06 bits per heavy atom. The normalized spacial score (nSPS) is 28.3. The molecule has 0 aromatic heterocycles. The van der Waals surface area contributed by atoms with E-state index in [1.807, 2.05) is 7.11 Å². The molecule has 2 aliphatic rings. The molecule has 0 radical (unpaired) electrons. The molecule has 0 amide bonds. The third-order valence-corrected chi connectivity index (χ3v) is 4.28. The first-order valence-corrected chi connectivity index (χ1v) is 7.50. The average molecular weight is 255 g/mol. The number of ether oxygens (including phenoxy) is 2. The summed E-state index contributed by atoms with van der Waals surface area (Å²) in [4.78, 5) is 2.61. The zero-order valence-corrected chi connectivity index (χ0v) is 12.3. The monoisotopic (exact) mass is 255 g/mol. The van der Waals surface area contributed by atoms with Crippen molar-refractivity contribution in [2.24, 2.45) is 5.41 Å². The lowest BCUT2D eigenvalue weighted by molar-refractivity contribution is 0.0203. The Bertz CT molecular complexity index is 251. The standard InChI is InChI=1S/C15H29NO2/c1-13(2)18-12-15(7-8-15)11-16-9-5-4-6-14(10-16)17-3/h13-14H,4-12H2,1-3H3. The summed E-state index contributed by atoms with van der Waals surface area (Å²) in [6.45, 7) is 8.76. The average Bonchev–Trinajstić information content (AvgIpc) is 3.12. The van der Waals surface area contributed by atoms with Crippen molar-refractivity contribution in [2.75, 3.05) is 33.4 Å². The maximum atomic E-state index is 5.84. The first-order chi connectivity index (χ1) is 8.63. The van der Waals surface area contributed by atoms with E-state index in [1.165, 1.54) is 45.2 Å². The molecule has 2 fully saturated rings. The van der Waals surface area contributed by atoms with E-state index in [9.17, 15) is 0 Å². The number of nitrogens with zero attached hydrogens (tertiary/aromatic N) is 1. The highest BCUT2D eigenvalue weighted by molar-refractivity contribution is 4.96. The maximum absolute atomic E-state index is 5.84. The van der Waals surface area contributed by atoms with Gasteiger partial charge in [-0.1, -0.05) is 0 Å². The van der Waals surface area contributed by atoms with Crippen LogP contribution in [0.5, 0.6) is 0 Å². The van der Waals surface area contributed by atoms with Crippen LogP contribution in [0.25, 0.3) is 0 Å². The number of hydrogen-bond acceptors (Lipinski definition) is 3. The molecule has 0 aromatic rings. The van der Waals surface area contributed by atoms with Crippen LogP contribution in [0.15, 0.2) is 0 Å². The molecular weight excluding hydrogens is 226 g/mol. The second-order valence-corrected chi connectivity index (χ2v) is 6.45.